The van der Waals surface area contributed by atoms with E-state index < -0.39 is 94.6 Å². The molecule has 16 nitrogen and oxygen atoms in total. The maximum atomic E-state index is 14.1. The van der Waals surface area contributed by atoms with Crippen molar-refractivity contribution in [3.05, 3.63) is 39.6 Å². The van der Waals surface area contributed by atoms with Crippen molar-refractivity contribution < 1.29 is 74.5 Å². The lowest BCUT2D eigenvalue weighted by atomic mass is 10.0. The highest BCUT2D eigenvalue weighted by Gasteiger charge is 2.47. The third-order valence-electron chi connectivity index (χ3n) is 4.35. The Morgan fingerprint density at radius 1 is 1.00 bits per heavy atom. The van der Waals surface area contributed by atoms with Gasteiger partial charge in [-0.05, 0) is 6.07 Å². The number of hydrogen-bond acceptors (Lipinski definition) is 11. The lowest BCUT2D eigenvalue weighted by Crippen LogP contribution is -2.33. The van der Waals surface area contributed by atoms with Crippen molar-refractivity contribution in [1.29, 1.82) is 0 Å². The monoisotopic (exact) mass is 572 g/mol. The second kappa shape index (κ2) is 9.72. The fourth-order valence-corrected chi connectivity index (χ4v) is 6.00. The average Bonchev–Trinajstić information content (AvgIpc) is 2.96. The van der Waals surface area contributed by atoms with Gasteiger partial charge in [-0.1, -0.05) is 0 Å². The van der Waals surface area contributed by atoms with Crippen LogP contribution in [0.3, 0.4) is 0 Å². The molecule has 3 rings (SSSR count). The number of ether oxygens (including phenoxy) is 1. The van der Waals surface area contributed by atoms with Gasteiger partial charge in [0.25, 0.3) is 5.56 Å². The van der Waals surface area contributed by atoms with Crippen molar-refractivity contribution in [1.82, 2.24) is 9.97 Å². The number of phosphoric ester groups is 1. The number of fused-ring (bicyclic) bond motifs is 1. The summed E-state index contributed by atoms with van der Waals surface area (Å²) in [5, 5.41) is 20.3. The molecule has 1 fully saturated rings. The molecule has 0 radical (unpaired) electrons. The van der Waals surface area contributed by atoms with Crippen LogP contribution < -0.4 is 5.56 Å². The number of nitrogens with zero attached hydrogens (tertiary/aromatic N) is 1. The lowest BCUT2D eigenvalue weighted by molar-refractivity contribution is -0.0226. The van der Waals surface area contributed by atoms with E-state index in [2.05, 4.69) is 18.1 Å². The highest BCUT2D eigenvalue weighted by molar-refractivity contribution is 7.66. The third-order valence-corrected chi connectivity index (χ3v) is 8.15. The number of aromatic amines is 1. The van der Waals surface area contributed by atoms with E-state index in [0.29, 0.717) is 6.07 Å². The molecular weight excluding hydrogens is 558 g/mol. The standard InChI is InChI=1S/C13H14F3N2O14P3/c14-6-3-1-4(13(21)18-12(3)17-11(16)7(6)15)10-9(20)8(19)5(30-10)2-29-34(25,26)32-35(27,28)31-33(22,23)24/h1,5,8-10,19-20H,2H2,(H,25,26)(H,27,28)(H,17,18,21)(H2,22,23,24)/t5-,8+,9?,10+/m1/s1. The molecule has 22 heteroatoms. The number of halogens is 3. The van der Waals surface area contributed by atoms with Crippen LogP contribution in [0.5, 0.6) is 0 Å². The van der Waals surface area contributed by atoms with Crippen LogP contribution in [0.4, 0.5) is 13.2 Å². The summed E-state index contributed by atoms with van der Waals surface area (Å²) >= 11 is 0. The average molecular weight is 572 g/mol. The van der Waals surface area contributed by atoms with Crippen molar-refractivity contribution in [3.63, 3.8) is 0 Å². The summed E-state index contributed by atoms with van der Waals surface area (Å²) in [6.45, 7) is -1.18. The predicted molar refractivity (Wildman–Crippen MR) is 101 cm³/mol. The molecule has 0 bridgehead atoms. The molecule has 35 heavy (non-hydrogen) atoms. The molecule has 0 aromatic heterocycles. The number of rotatable bonds is 8. The van der Waals surface area contributed by atoms with Gasteiger partial charge in [-0.15, -0.1) is 0 Å². The van der Waals surface area contributed by atoms with Gasteiger partial charge in [-0.2, -0.15) is 22.4 Å². The van der Waals surface area contributed by atoms with Gasteiger partial charge in [-0.25, -0.2) is 18.1 Å². The summed E-state index contributed by atoms with van der Waals surface area (Å²) in [5.74, 6) is -6.09. The molecule has 3 unspecified atom stereocenters. The maximum absolute atomic E-state index is 14.1. The van der Waals surface area contributed by atoms with Crippen LogP contribution in [-0.4, -0.2) is 64.7 Å². The first kappa shape index (κ1) is 28.0. The highest BCUT2D eigenvalue weighted by Crippen LogP contribution is 2.66. The zero-order valence-electron chi connectivity index (χ0n) is 16.5. The molecule has 196 valence electrons. The zero-order chi connectivity index (χ0) is 26.5. The van der Waals surface area contributed by atoms with E-state index in [1.807, 2.05) is 0 Å². The molecule has 3 aliphatic heterocycles. The minimum Gasteiger partial charge on any atom is -0.387 e. The molecule has 7 N–H and O–H groups in total. The van der Waals surface area contributed by atoms with E-state index >= 15 is 0 Å². The van der Waals surface area contributed by atoms with Crippen molar-refractivity contribution in [2.45, 2.75) is 24.4 Å². The van der Waals surface area contributed by atoms with Gasteiger partial charge in [-0.3, -0.25) is 9.32 Å². The van der Waals surface area contributed by atoms with Gasteiger partial charge in [0.05, 0.1) is 17.7 Å². The minimum atomic E-state index is -5.83. The largest absolute Gasteiger partial charge is 0.490 e. The van der Waals surface area contributed by atoms with Gasteiger partial charge in [0, 0.05) is 0 Å². The van der Waals surface area contributed by atoms with Gasteiger partial charge >= 0.3 is 23.5 Å². The molecule has 3 heterocycles. The maximum Gasteiger partial charge on any atom is 0.490 e. The van der Waals surface area contributed by atoms with Gasteiger partial charge in [0.2, 0.25) is 11.8 Å². The van der Waals surface area contributed by atoms with Gasteiger partial charge in [0.1, 0.15) is 30.2 Å². The fourth-order valence-electron chi connectivity index (χ4n) is 2.97. The second-order valence-electron chi connectivity index (χ2n) is 6.81. The Balaban J connectivity index is 1.79. The summed E-state index contributed by atoms with van der Waals surface area (Å²) in [6.07, 6.45) is -7.50. The van der Waals surface area contributed by atoms with E-state index in [9.17, 15) is 46.8 Å². The summed E-state index contributed by atoms with van der Waals surface area (Å²) < 4.78 is 91.1. The van der Waals surface area contributed by atoms with E-state index in [1.165, 1.54) is 0 Å². The molecule has 0 saturated carbocycles. The molecule has 1 saturated heterocycles. The molecule has 0 spiro atoms. The molecule has 3 aliphatic rings. The van der Waals surface area contributed by atoms with Crippen LogP contribution in [0.2, 0.25) is 0 Å². The van der Waals surface area contributed by atoms with E-state index in [-0.39, 0.29) is 0 Å². The number of H-pyrrole nitrogens is 1. The van der Waals surface area contributed by atoms with E-state index in [0.717, 1.165) is 0 Å². The van der Waals surface area contributed by atoms with Crippen molar-refractivity contribution >= 4 is 23.5 Å². The molecule has 0 amide bonds. The topological polar surface area (TPSA) is 255 Å². The Morgan fingerprint density at radius 2 is 1.63 bits per heavy atom. The number of aliphatic hydroxyl groups is 2. The van der Waals surface area contributed by atoms with Crippen molar-refractivity contribution in [3.8, 4) is 11.4 Å². The first-order valence-electron chi connectivity index (χ1n) is 8.78. The first-order valence-corrected chi connectivity index (χ1v) is 13.3. The van der Waals surface area contributed by atoms with Crippen LogP contribution in [-0.2, 0) is 31.6 Å². The summed E-state index contributed by atoms with van der Waals surface area (Å²) in [6, 6.07) is 0.657. The Hall–Kier alpha value is -1.56. The van der Waals surface area contributed by atoms with Crippen LogP contribution in [0, 0.1) is 17.6 Å². The van der Waals surface area contributed by atoms with Crippen molar-refractivity contribution in [2.75, 3.05) is 6.61 Å². The second-order valence-corrected chi connectivity index (χ2v) is 11.2. The zero-order valence-corrected chi connectivity index (χ0v) is 19.1. The van der Waals surface area contributed by atoms with Crippen molar-refractivity contribution in [2.24, 2.45) is 0 Å². The van der Waals surface area contributed by atoms with Gasteiger partial charge < -0.3 is 39.5 Å². The molecule has 0 aliphatic carbocycles. The van der Waals surface area contributed by atoms with Crippen LogP contribution >= 0.6 is 23.5 Å². The number of phosphoric acid groups is 3. The summed E-state index contributed by atoms with van der Waals surface area (Å²) in [7, 11) is -17.1. The Kier molecular flexibility index (Phi) is 7.78. The SMILES string of the molecule is O=c1nc2[nH]c(F)c(F)c(F)c-2cc1[C@@H]1O[C@H](COP(=O)(O)OP(=O)(O)OP(=O)(O)O)[C@H](O)C1O. The number of aliphatic hydroxyl groups excluding tert-OH is 2. The highest BCUT2D eigenvalue weighted by atomic mass is 31.3. The Morgan fingerprint density at radius 3 is 2.23 bits per heavy atom. The number of aromatic nitrogens is 2. The van der Waals surface area contributed by atoms with Crippen LogP contribution in [0.1, 0.15) is 11.7 Å². The molecule has 0 aromatic carbocycles. The molecular formula is C13H14F3N2O14P3. The summed E-state index contributed by atoms with van der Waals surface area (Å²) in [4.78, 5) is 52.8. The predicted octanol–water partition coefficient (Wildman–Crippen LogP) is -0.203. The van der Waals surface area contributed by atoms with Gasteiger partial charge in [0.15, 0.2) is 5.82 Å². The number of pyridine rings is 2. The summed E-state index contributed by atoms with van der Waals surface area (Å²) in [5.41, 5.74) is -2.58. The van der Waals surface area contributed by atoms with E-state index in [1.54, 1.807) is 4.98 Å². The fraction of sp³-hybridized carbons (Fsp3) is 0.385. The van der Waals surface area contributed by atoms with E-state index in [4.69, 9.17) is 19.4 Å². The number of nitrogens with one attached hydrogen (secondary N) is 1. The first-order chi connectivity index (χ1) is 15.9. The van der Waals surface area contributed by atoms with Crippen LogP contribution in [0.25, 0.3) is 11.4 Å². The third kappa shape index (κ3) is 6.42. The Bertz CT molecular complexity index is 1300. The smallest absolute Gasteiger partial charge is 0.387 e. The quantitative estimate of drug-likeness (QED) is 0.160. The molecule has 0 aromatic rings. The van der Waals surface area contributed by atoms with Crippen LogP contribution in [0.15, 0.2) is 10.9 Å². The lowest BCUT2D eigenvalue weighted by Gasteiger charge is -2.19. The minimum absolute atomic E-state index is 0.636. The normalized spacial score (nSPS) is 26.5. The Labute approximate surface area is 190 Å². The molecule has 6 atom stereocenters. The number of hydrogen-bond donors (Lipinski definition) is 7.